The highest BCUT2D eigenvalue weighted by molar-refractivity contribution is 6.31. The summed E-state index contributed by atoms with van der Waals surface area (Å²) in [6.07, 6.45) is 5.18. The highest BCUT2D eigenvalue weighted by Gasteiger charge is 2.38. The van der Waals surface area contributed by atoms with Gasteiger partial charge in [0.1, 0.15) is 0 Å². The van der Waals surface area contributed by atoms with E-state index in [9.17, 15) is 19.5 Å². The maximum atomic E-state index is 13.7. The minimum absolute atomic E-state index is 0.0493. The van der Waals surface area contributed by atoms with E-state index in [2.05, 4.69) is 58.7 Å². The number of carboxylic acids is 1. The topological polar surface area (TPSA) is 90.0 Å². The Bertz CT molecular complexity index is 1340. The molecule has 5 rings (SSSR count). The minimum atomic E-state index is -1.16. The predicted octanol–water partition coefficient (Wildman–Crippen LogP) is 6.64. The van der Waals surface area contributed by atoms with Crippen LogP contribution in [-0.4, -0.2) is 58.9 Å². The second kappa shape index (κ2) is 13.5. The zero-order chi connectivity index (χ0) is 29.5. The van der Waals surface area contributed by atoms with Crippen molar-refractivity contribution in [3.8, 4) is 0 Å². The SMILES string of the molecule is O=C(CC1(CC(=O)N2CCN(C(c3ccccc3)c3ccccc3)CC2)CCCCC1)Nc1ccc(Cl)cc1C(=O)O. The molecule has 0 atom stereocenters. The molecule has 1 saturated carbocycles. The molecule has 2 aliphatic rings. The monoisotopic (exact) mass is 587 g/mol. The summed E-state index contributed by atoms with van der Waals surface area (Å²) in [7, 11) is 0. The molecule has 3 aromatic carbocycles. The molecule has 2 amide bonds. The number of nitrogens with zero attached hydrogens (tertiary/aromatic N) is 2. The van der Waals surface area contributed by atoms with Gasteiger partial charge in [-0.1, -0.05) is 91.5 Å². The zero-order valence-corrected chi connectivity index (χ0v) is 24.6. The maximum Gasteiger partial charge on any atom is 0.337 e. The summed E-state index contributed by atoms with van der Waals surface area (Å²) in [5, 5.41) is 12.6. The number of hydrogen-bond acceptors (Lipinski definition) is 4. The number of carboxylic acid groups (broad SMARTS) is 1. The van der Waals surface area contributed by atoms with Gasteiger partial charge in [-0.25, -0.2) is 4.79 Å². The van der Waals surface area contributed by atoms with Crippen molar-refractivity contribution in [3.63, 3.8) is 0 Å². The van der Waals surface area contributed by atoms with Crippen LogP contribution in [0.3, 0.4) is 0 Å². The number of benzene rings is 3. The lowest BCUT2D eigenvalue weighted by atomic mass is 9.69. The van der Waals surface area contributed by atoms with E-state index in [1.807, 2.05) is 17.0 Å². The minimum Gasteiger partial charge on any atom is -0.478 e. The van der Waals surface area contributed by atoms with Gasteiger partial charge in [0.15, 0.2) is 0 Å². The average Bonchev–Trinajstić information content (AvgIpc) is 3.00. The first kappa shape index (κ1) is 29.8. The number of aromatic carboxylic acids is 1. The van der Waals surface area contributed by atoms with Gasteiger partial charge in [-0.05, 0) is 47.6 Å². The molecule has 1 aliphatic carbocycles. The summed E-state index contributed by atoms with van der Waals surface area (Å²) in [6.45, 7) is 2.82. The van der Waals surface area contributed by atoms with Crippen LogP contribution >= 0.6 is 11.6 Å². The quantitative estimate of drug-likeness (QED) is 0.293. The first-order chi connectivity index (χ1) is 20.3. The Balaban J connectivity index is 1.24. The fourth-order valence-electron chi connectivity index (χ4n) is 6.60. The third-order valence-corrected chi connectivity index (χ3v) is 8.96. The Kier molecular flexibility index (Phi) is 9.60. The van der Waals surface area contributed by atoms with E-state index in [-0.39, 0.29) is 35.5 Å². The van der Waals surface area contributed by atoms with Gasteiger partial charge >= 0.3 is 5.97 Å². The number of hydrogen-bond donors (Lipinski definition) is 2. The van der Waals surface area contributed by atoms with E-state index in [0.29, 0.717) is 24.5 Å². The summed E-state index contributed by atoms with van der Waals surface area (Å²) in [6, 6.07) is 25.5. The standard InChI is InChI=1S/C34H38ClN3O4/c35-27-14-15-29(28(22-27)33(41)42)36-30(39)23-34(16-8-3-9-17-34)24-31(40)37-18-20-38(21-19-37)32(25-10-4-1-5-11-25)26-12-6-2-7-13-26/h1-2,4-7,10-15,22,32H,3,8-9,16-21,23-24H2,(H,36,39)(H,41,42). The summed E-state index contributed by atoms with van der Waals surface area (Å²) in [5.74, 6) is -1.33. The average molecular weight is 588 g/mol. The van der Waals surface area contributed by atoms with Crippen molar-refractivity contribution in [2.45, 2.75) is 51.0 Å². The molecule has 2 fully saturated rings. The molecule has 0 spiro atoms. The first-order valence-electron chi connectivity index (χ1n) is 14.8. The van der Waals surface area contributed by atoms with Crippen molar-refractivity contribution >= 4 is 35.1 Å². The van der Waals surface area contributed by atoms with Crippen molar-refractivity contribution in [1.82, 2.24) is 9.80 Å². The number of halogens is 1. The first-order valence-corrected chi connectivity index (χ1v) is 15.2. The zero-order valence-electron chi connectivity index (χ0n) is 23.8. The highest BCUT2D eigenvalue weighted by atomic mass is 35.5. The summed E-state index contributed by atoms with van der Waals surface area (Å²) >= 11 is 5.97. The van der Waals surface area contributed by atoms with Gasteiger partial charge in [-0.3, -0.25) is 14.5 Å². The second-order valence-corrected chi connectivity index (χ2v) is 12.0. The van der Waals surface area contributed by atoms with Gasteiger partial charge < -0.3 is 15.3 Å². The van der Waals surface area contributed by atoms with Crippen molar-refractivity contribution in [2.75, 3.05) is 31.5 Å². The van der Waals surface area contributed by atoms with Crippen molar-refractivity contribution < 1.29 is 19.5 Å². The number of rotatable bonds is 9. The van der Waals surface area contributed by atoms with Crippen molar-refractivity contribution in [1.29, 1.82) is 0 Å². The Morgan fingerprint density at radius 1 is 0.810 bits per heavy atom. The lowest BCUT2D eigenvalue weighted by Crippen LogP contribution is -2.51. The van der Waals surface area contributed by atoms with Crippen LogP contribution in [0.1, 0.15) is 72.5 Å². The van der Waals surface area contributed by atoms with Crippen molar-refractivity contribution in [2.24, 2.45) is 5.41 Å². The predicted molar refractivity (Wildman–Crippen MR) is 165 cm³/mol. The number of carbonyl (C=O) groups excluding carboxylic acids is 2. The molecule has 1 saturated heterocycles. The Hall–Kier alpha value is -3.68. The summed E-state index contributed by atoms with van der Waals surface area (Å²) in [5.41, 5.74) is 2.22. The molecule has 220 valence electrons. The smallest absolute Gasteiger partial charge is 0.337 e. The van der Waals surface area contributed by atoms with Crippen LogP contribution in [0.5, 0.6) is 0 Å². The van der Waals surface area contributed by atoms with Gasteiger partial charge in [-0.15, -0.1) is 0 Å². The number of nitrogens with one attached hydrogen (secondary N) is 1. The number of piperazine rings is 1. The van der Waals surface area contributed by atoms with E-state index in [0.717, 1.165) is 45.2 Å². The molecule has 42 heavy (non-hydrogen) atoms. The summed E-state index contributed by atoms with van der Waals surface area (Å²) < 4.78 is 0. The normalized spacial score (nSPS) is 17.1. The number of carbonyl (C=O) groups is 3. The molecule has 1 aliphatic heterocycles. The molecule has 1 heterocycles. The Morgan fingerprint density at radius 3 is 1.98 bits per heavy atom. The van der Waals surface area contributed by atoms with Gasteiger partial charge in [0.05, 0.1) is 17.3 Å². The lowest BCUT2D eigenvalue weighted by molar-refractivity contribution is -0.137. The fraction of sp³-hybridized carbons (Fsp3) is 0.382. The summed E-state index contributed by atoms with van der Waals surface area (Å²) in [4.78, 5) is 43.0. The Labute approximate surface area is 252 Å². The van der Waals surface area contributed by atoms with Gasteiger partial charge in [0.2, 0.25) is 11.8 Å². The molecule has 0 radical (unpaired) electrons. The largest absolute Gasteiger partial charge is 0.478 e. The van der Waals surface area contributed by atoms with Crippen LogP contribution < -0.4 is 5.32 Å². The second-order valence-electron chi connectivity index (χ2n) is 11.6. The van der Waals surface area contributed by atoms with Crippen LogP contribution in [0, 0.1) is 5.41 Å². The molecule has 7 nitrogen and oxygen atoms in total. The maximum absolute atomic E-state index is 13.7. The van der Waals surface area contributed by atoms with Crippen LogP contribution in [0.2, 0.25) is 5.02 Å². The van der Waals surface area contributed by atoms with Crippen LogP contribution in [0.4, 0.5) is 5.69 Å². The molecule has 0 bridgehead atoms. The lowest BCUT2D eigenvalue weighted by Gasteiger charge is -2.42. The third kappa shape index (κ3) is 7.20. The van der Waals surface area contributed by atoms with E-state index in [1.165, 1.54) is 23.3 Å². The molecule has 0 unspecified atom stereocenters. The van der Waals surface area contributed by atoms with Crippen LogP contribution in [0.25, 0.3) is 0 Å². The Morgan fingerprint density at radius 2 is 1.40 bits per heavy atom. The van der Waals surface area contributed by atoms with Crippen molar-refractivity contribution in [3.05, 3.63) is 101 Å². The van der Waals surface area contributed by atoms with Crippen LogP contribution in [-0.2, 0) is 9.59 Å². The van der Waals surface area contributed by atoms with E-state index >= 15 is 0 Å². The molecule has 3 aromatic rings. The van der Waals surface area contributed by atoms with E-state index < -0.39 is 11.4 Å². The molecule has 2 N–H and O–H groups in total. The van der Waals surface area contributed by atoms with E-state index in [1.54, 1.807) is 6.07 Å². The van der Waals surface area contributed by atoms with Crippen LogP contribution in [0.15, 0.2) is 78.9 Å². The molecular weight excluding hydrogens is 550 g/mol. The van der Waals surface area contributed by atoms with E-state index in [4.69, 9.17) is 11.6 Å². The molecule has 0 aromatic heterocycles. The number of amides is 2. The molecule has 8 heteroatoms. The van der Waals surface area contributed by atoms with Gasteiger partial charge in [-0.2, -0.15) is 0 Å². The third-order valence-electron chi connectivity index (χ3n) is 8.72. The number of anilines is 1. The van der Waals surface area contributed by atoms with Gasteiger partial charge in [0, 0.05) is 44.0 Å². The highest BCUT2D eigenvalue weighted by Crippen LogP contribution is 2.43. The fourth-order valence-corrected chi connectivity index (χ4v) is 6.77. The van der Waals surface area contributed by atoms with Gasteiger partial charge in [0.25, 0.3) is 0 Å². The molecular formula is C34H38ClN3O4.